The minimum Gasteiger partial charge on any atom is -0.360 e. The van der Waals surface area contributed by atoms with Gasteiger partial charge in [0.05, 0.1) is 11.0 Å². The smallest absolute Gasteiger partial charge is 0.330 e. The van der Waals surface area contributed by atoms with E-state index in [1.165, 1.54) is 4.31 Å². The molecular formula is C17H18N4O4S. The molecule has 0 amide bonds. The molecule has 0 radical (unpaired) electrons. The maximum Gasteiger partial charge on any atom is 0.330 e. The van der Waals surface area contributed by atoms with Gasteiger partial charge in [0, 0.05) is 25.2 Å². The average molecular weight is 374 g/mol. The summed E-state index contributed by atoms with van der Waals surface area (Å²) in [4.78, 5) is 15.2. The van der Waals surface area contributed by atoms with Crippen LogP contribution < -0.4 is 5.69 Å². The third-order valence-electron chi connectivity index (χ3n) is 4.59. The molecule has 0 bridgehead atoms. The van der Waals surface area contributed by atoms with E-state index >= 15 is 0 Å². The largest absolute Gasteiger partial charge is 0.360 e. The van der Waals surface area contributed by atoms with Crippen molar-refractivity contribution in [2.45, 2.75) is 25.2 Å². The van der Waals surface area contributed by atoms with E-state index in [0.29, 0.717) is 12.1 Å². The number of nitrogens with one attached hydrogen (secondary N) is 1. The summed E-state index contributed by atoms with van der Waals surface area (Å²) in [5, 5.41) is 3.73. The van der Waals surface area contributed by atoms with Crippen molar-refractivity contribution >= 4 is 26.8 Å². The van der Waals surface area contributed by atoms with E-state index in [2.05, 4.69) is 10.1 Å². The van der Waals surface area contributed by atoms with E-state index < -0.39 is 10.0 Å². The van der Waals surface area contributed by atoms with E-state index in [-0.39, 0.29) is 29.4 Å². The molecule has 26 heavy (non-hydrogen) atoms. The van der Waals surface area contributed by atoms with Crippen LogP contribution in [0.4, 0.5) is 0 Å². The summed E-state index contributed by atoms with van der Waals surface area (Å²) in [5.41, 5.74) is 2.46. The molecule has 136 valence electrons. The number of para-hydroxylation sites is 2. The summed E-state index contributed by atoms with van der Waals surface area (Å²) in [6.07, 6.45) is 2.21. The van der Waals surface area contributed by atoms with Crippen LogP contribution in [0.25, 0.3) is 16.7 Å². The number of rotatable bonds is 3. The second-order valence-electron chi connectivity index (χ2n) is 6.24. The topological polar surface area (TPSA) is 101 Å². The van der Waals surface area contributed by atoms with Gasteiger partial charge in [-0.05, 0) is 32.1 Å². The molecule has 8 nitrogen and oxygen atoms in total. The Labute approximate surface area is 149 Å². The van der Waals surface area contributed by atoms with Gasteiger partial charge in [-0.3, -0.25) is 4.57 Å². The second-order valence-corrected chi connectivity index (χ2v) is 8.12. The van der Waals surface area contributed by atoms with Crippen molar-refractivity contribution < 1.29 is 12.9 Å². The zero-order valence-electron chi connectivity index (χ0n) is 14.4. The Morgan fingerprint density at radius 3 is 2.65 bits per heavy atom. The number of aromatic amines is 1. The number of sulfonamides is 1. The lowest BCUT2D eigenvalue weighted by Crippen LogP contribution is -2.36. The highest BCUT2D eigenvalue weighted by Crippen LogP contribution is 2.27. The number of hydrogen-bond donors (Lipinski definition) is 1. The minimum atomic E-state index is -3.69. The monoisotopic (exact) mass is 374 g/mol. The van der Waals surface area contributed by atoms with Gasteiger partial charge in [-0.25, -0.2) is 13.2 Å². The van der Waals surface area contributed by atoms with E-state index in [0.717, 1.165) is 16.7 Å². The van der Waals surface area contributed by atoms with Crippen LogP contribution in [0.5, 0.6) is 0 Å². The highest BCUT2D eigenvalue weighted by molar-refractivity contribution is 7.89. The van der Waals surface area contributed by atoms with Crippen molar-refractivity contribution in [3.8, 4) is 0 Å². The van der Waals surface area contributed by atoms with Crippen LogP contribution in [0.15, 0.2) is 44.6 Å². The summed E-state index contributed by atoms with van der Waals surface area (Å²) >= 11 is 0. The maximum atomic E-state index is 12.9. The molecule has 1 aromatic carbocycles. The predicted octanol–water partition coefficient (Wildman–Crippen LogP) is 1.87. The van der Waals surface area contributed by atoms with Crippen molar-refractivity contribution in [3.05, 3.63) is 52.3 Å². The number of imidazole rings is 1. The number of hydrogen-bond acceptors (Lipinski definition) is 5. The minimum absolute atomic E-state index is 0.124. The molecule has 3 aromatic rings. The van der Waals surface area contributed by atoms with Crippen LogP contribution in [0, 0.1) is 13.8 Å². The van der Waals surface area contributed by atoms with Crippen molar-refractivity contribution in [1.82, 2.24) is 19.0 Å². The molecule has 0 atom stereocenters. The first-order chi connectivity index (χ1) is 12.4. The van der Waals surface area contributed by atoms with Gasteiger partial charge in [-0.2, -0.15) is 4.31 Å². The van der Waals surface area contributed by atoms with Crippen LogP contribution in [0.1, 0.15) is 17.9 Å². The van der Waals surface area contributed by atoms with Gasteiger partial charge in [0.1, 0.15) is 10.6 Å². The highest BCUT2D eigenvalue weighted by atomic mass is 32.2. The SMILES string of the molecule is Cc1noc(C)c1S(=O)(=O)N1CC=C(n2c(=O)[nH]c3ccccc32)CC1. The summed E-state index contributed by atoms with van der Waals surface area (Å²) in [6, 6.07) is 7.42. The molecule has 1 N–H and O–H groups in total. The normalized spacial score (nSPS) is 16.2. The van der Waals surface area contributed by atoms with Gasteiger partial charge >= 0.3 is 5.69 Å². The Morgan fingerprint density at radius 2 is 2.00 bits per heavy atom. The molecule has 9 heteroatoms. The lowest BCUT2D eigenvalue weighted by molar-refractivity contribution is 0.389. The number of nitrogens with zero attached hydrogens (tertiary/aromatic N) is 3. The zero-order valence-corrected chi connectivity index (χ0v) is 15.2. The summed E-state index contributed by atoms with van der Waals surface area (Å²) in [7, 11) is -3.69. The summed E-state index contributed by atoms with van der Waals surface area (Å²) < 4.78 is 33.7. The Hall–Kier alpha value is -2.65. The third-order valence-corrected chi connectivity index (χ3v) is 6.70. The predicted molar refractivity (Wildman–Crippen MR) is 96.2 cm³/mol. The summed E-state index contributed by atoms with van der Waals surface area (Å²) in [5.74, 6) is 0.283. The summed E-state index contributed by atoms with van der Waals surface area (Å²) in [6.45, 7) is 3.67. The fourth-order valence-corrected chi connectivity index (χ4v) is 5.04. The fourth-order valence-electron chi connectivity index (χ4n) is 3.37. The van der Waals surface area contributed by atoms with Crippen molar-refractivity contribution in [2.24, 2.45) is 0 Å². The molecule has 0 saturated carbocycles. The third kappa shape index (κ3) is 2.51. The second kappa shape index (κ2) is 5.96. The van der Waals surface area contributed by atoms with E-state index in [1.807, 2.05) is 24.3 Å². The van der Waals surface area contributed by atoms with E-state index in [1.54, 1.807) is 24.5 Å². The molecule has 0 saturated heterocycles. The van der Waals surface area contributed by atoms with Gasteiger partial charge in [0.25, 0.3) is 0 Å². The van der Waals surface area contributed by atoms with Crippen LogP contribution >= 0.6 is 0 Å². The van der Waals surface area contributed by atoms with Gasteiger partial charge in [-0.15, -0.1) is 0 Å². The highest BCUT2D eigenvalue weighted by Gasteiger charge is 2.32. The van der Waals surface area contributed by atoms with Gasteiger partial charge in [-0.1, -0.05) is 17.3 Å². The lowest BCUT2D eigenvalue weighted by atomic mass is 10.2. The molecule has 4 rings (SSSR count). The number of benzene rings is 1. The average Bonchev–Trinajstić information content (AvgIpc) is 3.13. The lowest BCUT2D eigenvalue weighted by Gasteiger charge is -2.25. The van der Waals surface area contributed by atoms with Gasteiger partial charge < -0.3 is 9.51 Å². The Kier molecular flexibility index (Phi) is 3.85. The van der Waals surface area contributed by atoms with Gasteiger partial charge in [0.15, 0.2) is 5.76 Å². The molecule has 1 aliphatic rings. The van der Waals surface area contributed by atoms with Crippen LogP contribution in [-0.2, 0) is 10.0 Å². The van der Waals surface area contributed by atoms with Crippen LogP contribution in [0.2, 0.25) is 0 Å². The van der Waals surface area contributed by atoms with Crippen molar-refractivity contribution in [3.63, 3.8) is 0 Å². The molecule has 2 aromatic heterocycles. The Bertz CT molecular complexity index is 1160. The number of aryl methyl sites for hydroxylation is 2. The Balaban J connectivity index is 1.69. The quantitative estimate of drug-likeness (QED) is 0.754. The molecule has 1 aliphatic heterocycles. The first kappa shape index (κ1) is 16.8. The zero-order chi connectivity index (χ0) is 18.5. The molecule has 0 aliphatic carbocycles. The number of H-pyrrole nitrogens is 1. The van der Waals surface area contributed by atoms with E-state index in [9.17, 15) is 13.2 Å². The van der Waals surface area contributed by atoms with Crippen molar-refractivity contribution in [1.29, 1.82) is 0 Å². The molecule has 0 fully saturated rings. The molecule has 3 heterocycles. The number of fused-ring (bicyclic) bond motifs is 1. The fraction of sp³-hybridized carbons (Fsp3) is 0.294. The first-order valence-corrected chi connectivity index (χ1v) is 9.66. The van der Waals surface area contributed by atoms with Crippen molar-refractivity contribution in [2.75, 3.05) is 13.1 Å². The maximum absolute atomic E-state index is 12.9. The molecular weight excluding hydrogens is 356 g/mol. The van der Waals surface area contributed by atoms with Crippen LogP contribution in [0.3, 0.4) is 0 Å². The first-order valence-electron chi connectivity index (χ1n) is 8.22. The molecule has 0 unspecified atom stereocenters. The van der Waals surface area contributed by atoms with E-state index in [4.69, 9.17) is 4.52 Å². The molecule has 0 spiro atoms. The van der Waals surface area contributed by atoms with Crippen LogP contribution in [-0.4, -0.2) is 40.5 Å². The number of aromatic nitrogens is 3. The Morgan fingerprint density at radius 1 is 1.23 bits per heavy atom. The standard InChI is InChI=1S/C17H18N4O4S/c1-11-16(12(2)25-19-11)26(23,24)20-9-7-13(8-10-20)21-15-6-4-3-5-14(15)18-17(21)22/h3-7H,8-10H2,1-2H3,(H,18,22). The van der Waals surface area contributed by atoms with Gasteiger partial charge in [0.2, 0.25) is 10.0 Å².